The summed E-state index contributed by atoms with van der Waals surface area (Å²) < 4.78 is 30.6. The maximum Gasteiger partial charge on any atom is 0.239 e. The predicted octanol–water partition coefficient (Wildman–Crippen LogP) is 1.30. The Morgan fingerprint density at radius 3 is 2.50 bits per heavy atom. The van der Waals surface area contributed by atoms with Crippen LogP contribution >= 0.6 is 11.3 Å². The topological polar surface area (TPSA) is 126 Å². The van der Waals surface area contributed by atoms with Crippen LogP contribution in [0.4, 0.5) is 0 Å². The molecular weight excluding hydrogens is 452 g/mol. The number of amides is 2. The number of carbonyl (C=O) groups is 2. The van der Waals surface area contributed by atoms with E-state index in [1.807, 2.05) is 42.5 Å². The maximum absolute atomic E-state index is 12.2. The molecular formula is C21H24N4O5S2. The minimum absolute atomic E-state index is 0.0469. The normalized spacial score (nSPS) is 11.3. The summed E-state index contributed by atoms with van der Waals surface area (Å²) in [5.41, 5.74) is 2.71. The monoisotopic (exact) mass is 476 g/mol. The number of nitrogens with one attached hydrogen (secondary N) is 3. The summed E-state index contributed by atoms with van der Waals surface area (Å²) in [6, 6.07) is 13.7. The molecule has 0 fully saturated rings. The second-order valence-corrected chi connectivity index (χ2v) is 9.91. The fourth-order valence-electron chi connectivity index (χ4n) is 2.97. The molecule has 2 amide bonds. The van der Waals surface area contributed by atoms with E-state index in [1.54, 1.807) is 7.11 Å². The van der Waals surface area contributed by atoms with Gasteiger partial charge in [0, 0.05) is 24.7 Å². The highest BCUT2D eigenvalue weighted by Gasteiger charge is 2.14. The number of fused-ring (bicyclic) bond motifs is 1. The SMILES string of the molecule is COc1cc2nc(CC(=O)NCC(=O)NCCNS(C)(=O)=O)sc2cc1-c1ccccc1. The predicted molar refractivity (Wildman–Crippen MR) is 124 cm³/mol. The lowest BCUT2D eigenvalue weighted by atomic mass is 10.0. The van der Waals surface area contributed by atoms with Crippen molar-refractivity contribution in [2.75, 3.05) is 33.0 Å². The van der Waals surface area contributed by atoms with Crippen molar-refractivity contribution in [3.8, 4) is 16.9 Å². The highest BCUT2D eigenvalue weighted by Crippen LogP contribution is 2.36. The average molecular weight is 477 g/mol. The van der Waals surface area contributed by atoms with E-state index in [1.165, 1.54) is 11.3 Å². The van der Waals surface area contributed by atoms with Crippen molar-refractivity contribution in [1.82, 2.24) is 20.3 Å². The van der Waals surface area contributed by atoms with Gasteiger partial charge >= 0.3 is 0 Å². The van der Waals surface area contributed by atoms with Gasteiger partial charge in [0.05, 0.1) is 36.5 Å². The number of nitrogens with zero attached hydrogens (tertiary/aromatic N) is 1. The molecule has 3 aromatic rings. The first kappa shape index (κ1) is 23.6. The van der Waals surface area contributed by atoms with Gasteiger partial charge in [-0.3, -0.25) is 9.59 Å². The van der Waals surface area contributed by atoms with Crippen molar-refractivity contribution in [3.63, 3.8) is 0 Å². The molecule has 0 aliphatic carbocycles. The number of thiazole rings is 1. The molecule has 170 valence electrons. The minimum atomic E-state index is -3.30. The minimum Gasteiger partial charge on any atom is -0.496 e. The van der Waals surface area contributed by atoms with E-state index in [4.69, 9.17) is 4.74 Å². The van der Waals surface area contributed by atoms with Crippen LogP contribution in [0.2, 0.25) is 0 Å². The molecule has 0 radical (unpaired) electrons. The Bertz CT molecular complexity index is 1210. The Morgan fingerprint density at radius 2 is 1.81 bits per heavy atom. The third-order valence-corrected chi connectivity index (χ3v) is 6.15. The largest absolute Gasteiger partial charge is 0.496 e. The second kappa shape index (κ2) is 10.5. The van der Waals surface area contributed by atoms with Crippen LogP contribution in [0.1, 0.15) is 5.01 Å². The number of hydrogen-bond acceptors (Lipinski definition) is 7. The summed E-state index contributed by atoms with van der Waals surface area (Å²) in [6.45, 7) is 0.0124. The summed E-state index contributed by atoms with van der Waals surface area (Å²) in [6.07, 6.45) is 1.08. The molecule has 0 saturated carbocycles. The van der Waals surface area contributed by atoms with Gasteiger partial charge in [-0.05, 0) is 11.6 Å². The summed E-state index contributed by atoms with van der Waals surface area (Å²) in [5, 5.41) is 5.69. The first-order valence-electron chi connectivity index (χ1n) is 9.76. The van der Waals surface area contributed by atoms with E-state index in [0.29, 0.717) is 10.8 Å². The zero-order chi connectivity index (χ0) is 23.1. The van der Waals surface area contributed by atoms with E-state index in [0.717, 1.165) is 27.6 Å². The fourth-order valence-corrected chi connectivity index (χ4v) is 4.43. The van der Waals surface area contributed by atoms with Gasteiger partial charge in [-0.1, -0.05) is 30.3 Å². The molecule has 0 aliphatic rings. The lowest BCUT2D eigenvalue weighted by Crippen LogP contribution is -2.40. The van der Waals surface area contributed by atoms with Crippen LogP contribution in [0.5, 0.6) is 5.75 Å². The number of methoxy groups -OCH3 is 1. The van der Waals surface area contributed by atoms with E-state index < -0.39 is 15.9 Å². The first-order chi connectivity index (χ1) is 15.2. The van der Waals surface area contributed by atoms with E-state index >= 15 is 0 Å². The number of rotatable bonds is 10. The number of aromatic nitrogens is 1. The Balaban J connectivity index is 1.58. The molecule has 3 N–H and O–H groups in total. The maximum atomic E-state index is 12.2. The van der Waals surface area contributed by atoms with E-state index in [-0.39, 0.29) is 32.0 Å². The van der Waals surface area contributed by atoms with Crippen molar-refractivity contribution in [3.05, 3.63) is 47.5 Å². The molecule has 0 unspecified atom stereocenters. The molecule has 0 aliphatic heterocycles. The van der Waals surface area contributed by atoms with Gasteiger partial charge in [0.2, 0.25) is 21.8 Å². The van der Waals surface area contributed by atoms with Crippen molar-refractivity contribution < 1.29 is 22.7 Å². The zero-order valence-corrected chi connectivity index (χ0v) is 19.3. The molecule has 11 heteroatoms. The molecule has 0 saturated heterocycles. The highest BCUT2D eigenvalue weighted by molar-refractivity contribution is 7.88. The van der Waals surface area contributed by atoms with Crippen LogP contribution < -0.4 is 20.1 Å². The molecule has 32 heavy (non-hydrogen) atoms. The Hall–Kier alpha value is -3.02. The third-order valence-electron chi connectivity index (χ3n) is 4.41. The van der Waals surface area contributed by atoms with Gasteiger partial charge in [0.15, 0.2) is 0 Å². The molecule has 1 aromatic heterocycles. The van der Waals surface area contributed by atoms with Crippen LogP contribution in [0.15, 0.2) is 42.5 Å². The smallest absolute Gasteiger partial charge is 0.239 e. The molecule has 0 spiro atoms. The molecule has 1 heterocycles. The number of benzene rings is 2. The lowest BCUT2D eigenvalue weighted by Gasteiger charge is -2.08. The van der Waals surface area contributed by atoms with Crippen LogP contribution in [-0.2, 0) is 26.0 Å². The summed E-state index contributed by atoms with van der Waals surface area (Å²) in [7, 11) is -1.69. The molecule has 2 aromatic carbocycles. The van der Waals surface area contributed by atoms with Crippen LogP contribution in [0.3, 0.4) is 0 Å². The second-order valence-electron chi connectivity index (χ2n) is 6.96. The van der Waals surface area contributed by atoms with Gasteiger partial charge in [0.25, 0.3) is 0 Å². The molecule has 3 rings (SSSR count). The van der Waals surface area contributed by atoms with Gasteiger partial charge in [-0.25, -0.2) is 18.1 Å². The van der Waals surface area contributed by atoms with Crippen molar-refractivity contribution in [2.45, 2.75) is 6.42 Å². The van der Waals surface area contributed by atoms with E-state index in [2.05, 4.69) is 20.3 Å². The van der Waals surface area contributed by atoms with Crippen LogP contribution in [0, 0.1) is 0 Å². The van der Waals surface area contributed by atoms with Crippen molar-refractivity contribution in [1.29, 1.82) is 0 Å². The highest BCUT2D eigenvalue weighted by atomic mass is 32.2. The van der Waals surface area contributed by atoms with Crippen molar-refractivity contribution >= 4 is 43.4 Å². The van der Waals surface area contributed by atoms with Gasteiger partial charge < -0.3 is 15.4 Å². The molecule has 0 atom stereocenters. The van der Waals surface area contributed by atoms with E-state index in [9.17, 15) is 18.0 Å². The fraction of sp³-hybridized carbons (Fsp3) is 0.286. The number of sulfonamides is 1. The Kier molecular flexibility index (Phi) is 7.78. The Labute approximate surface area is 190 Å². The van der Waals surface area contributed by atoms with Gasteiger partial charge in [-0.15, -0.1) is 11.3 Å². The lowest BCUT2D eigenvalue weighted by molar-refractivity contribution is -0.125. The van der Waals surface area contributed by atoms with Crippen molar-refractivity contribution in [2.24, 2.45) is 0 Å². The number of hydrogen-bond donors (Lipinski definition) is 3. The summed E-state index contributed by atoms with van der Waals surface area (Å²) in [5.74, 6) is -0.0362. The van der Waals surface area contributed by atoms with Gasteiger partial charge in [-0.2, -0.15) is 0 Å². The molecule has 9 nitrogen and oxygen atoms in total. The van der Waals surface area contributed by atoms with Gasteiger partial charge in [0.1, 0.15) is 10.8 Å². The molecule has 0 bridgehead atoms. The summed E-state index contributed by atoms with van der Waals surface area (Å²) >= 11 is 1.41. The quantitative estimate of drug-likeness (QED) is 0.379. The Morgan fingerprint density at radius 1 is 1.06 bits per heavy atom. The van der Waals surface area contributed by atoms with Crippen LogP contribution in [0.25, 0.3) is 21.3 Å². The standard InChI is InChI=1S/C21H24N4O5S2/c1-30-17-11-16-18(10-15(17)14-6-4-3-5-7-14)31-21(25-16)12-19(26)23-13-20(27)22-8-9-24-32(2,28)29/h3-7,10-11,24H,8-9,12-13H2,1-2H3,(H,22,27)(H,23,26). The average Bonchev–Trinajstić information content (AvgIpc) is 3.15. The number of ether oxygens (including phenoxy) is 1. The summed E-state index contributed by atoms with van der Waals surface area (Å²) in [4.78, 5) is 28.5. The zero-order valence-electron chi connectivity index (χ0n) is 17.7. The number of carbonyl (C=O) groups excluding carboxylic acids is 2. The first-order valence-corrected chi connectivity index (χ1v) is 12.5. The third kappa shape index (κ3) is 6.74. The van der Waals surface area contributed by atoms with Crippen LogP contribution in [-0.4, -0.2) is 58.2 Å².